The zero-order chi connectivity index (χ0) is 16.6. The fourth-order valence-corrected chi connectivity index (χ4v) is 5.00. The molecule has 1 unspecified atom stereocenters. The third kappa shape index (κ3) is 2.99. The number of fused-ring (bicyclic) bond motifs is 1. The lowest BCUT2D eigenvalue weighted by Gasteiger charge is -2.31. The summed E-state index contributed by atoms with van der Waals surface area (Å²) < 4.78 is 29.2. The highest BCUT2D eigenvalue weighted by Crippen LogP contribution is 2.27. The van der Waals surface area contributed by atoms with Crippen molar-refractivity contribution in [3.05, 3.63) is 18.0 Å². The van der Waals surface area contributed by atoms with Gasteiger partial charge in [-0.15, -0.1) is 0 Å². The Balaban J connectivity index is 1.94. The maximum absolute atomic E-state index is 13.0. The van der Waals surface area contributed by atoms with Gasteiger partial charge in [0.2, 0.25) is 10.0 Å². The first-order chi connectivity index (χ1) is 10.9. The lowest BCUT2D eigenvalue weighted by atomic mass is 9.95. The normalized spacial score (nSPS) is 20.2. The quantitative estimate of drug-likeness (QED) is 0.860. The molecule has 1 aliphatic rings. The molecule has 7 heteroatoms. The van der Waals surface area contributed by atoms with Gasteiger partial charge in [0.1, 0.15) is 4.90 Å². The SMILES string of the molecule is CCCC1CCCN(S(=O)(=O)c2cnc3c(c2)c(C)nn3C)C1. The molecule has 23 heavy (non-hydrogen) atoms. The van der Waals surface area contributed by atoms with Gasteiger partial charge in [-0.3, -0.25) is 4.68 Å². The van der Waals surface area contributed by atoms with Crippen LogP contribution in [-0.4, -0.2) is 40.6 Å². The largest absolute Gasteiger partial charge is 0.250 e. The molecule has 2 aromatic rings. The number of aromatic nitrogens is 3. The highest BCUT2D eigenvalue weighted by molar-refractivity contribution is 7.89. The second kappa shape index (κ2) is 6.20. The van der Waals surface area contributed by atoms with Crippen molar-refractivity contribution < 1.29 is 8.42 Å². The molecular weight excluding hydrogens is 312 g/mol. The predicted octanol–water partition coefficient (Wildman–Crippen LogP) is 2.48. The zero-order valence-electron chi connectivity index (χ0n) is 14.0. The van der Waals surface area contributed by atoms with Crippen molar-refractivity contribution in [3.63, 3.8) is 0 Å². The van der Waals surface area contributed by atoms with E-state index < -0.39 is 10.0 Å². The van der Waals surface area contributed by atoms with Crippen molar-refractivity contribution in [1.82, 2.24) is 19.1 Å². The van der Waals surface area contributed by atoms with E-state index in [0.29, 0.717) is 24.7 Å². The third-order valence-electron chi connectivity index (χ3n) is 4.65. The maximum atomic E-state index is 13.0. The zero-order valence-corrected chi connectivity index (χ0v) is 14.8. The Hall–Kier alpha value is -1.47. The molecule has 1 saturated heterocycles. The number of piperidine rings is 1. The monoisotopic (exact) mass is 336 g/mol. The number of aryl methyl sites for hydroxylation is 2. The molecule has 1 atom stereocenters. The topological polar surface area (TPSA) is 68.1 Å². The standard InChI is InChI=1S/C16H24N4O2S/c1-4-6-13-7-5-8-20(11-13)23(21,22)14-9-15-12(2)18-19(3)16(15)17-10-14/h9-10,13H,4-8,11H2,1-3H3. The van der Waals surface area contributed by atoms with Crippen molar-refractivity contribution in [1.29, 1.82) is 0 Å². The van der Waals surface area contributed by atoms with Gasteiger partial charge < -0.3 is 0 Å². The average Bonchev–Trinajstić information content (AvgIpc) is 2.82. The second-order valence-corrected chi connectivity index (χ2v) is 8.35. The molecule has 0 bridgehead atoms. The van der Waals surface area contributed by atoms with Gasteiger partial charge in [0.05, 0.1) is 5.69 Å². The van der Waals surface area contributed by atoms with Gasteiger partial charge in [-0.25, -0.2) is 13.4 Å². The minimum Gasteiger partial charge on any atom is -0.250 e. The summed E-state index contributed by atoms with van der Waals surface area (Å²) in [6.45, 7) is 5.25. The number of nitrogens with zero attached hydrogens (tertiary/aromatic N) is 4. The summed E-state index contributed by atoms with van der Waals surface area (Å²) in [5.74, 6) is 0.473. The Labute approximate surface area is 137 Å². The average molecular weight is 336 g/mol. The first-order valence-corrected chi connectivity index (χ1v) is 9.67. The molecule has 3 heterocycles. The first kappa shape index (κ1) is 16.4. The molecule has 0 N–H and O–H groups in total. The van der Waals surface area contributed by atoms with Gasteiger partial charge >= 0.3 is 0 Å². The van der Waals surface area contributed by atoms with Crippen LogP contribution in [0.4, 0.5) is 0 Å². The Morgan fingerprint density at radius 3 is 2.91 bits per heavy atom. The van der Waals surface area contributed by atoms with Crippen LogP contribution in [-0.2, 0) is 17.1 Å². The van der Waals surface area contributed by atoms with E-state index in [4.69, 9.17) is 0 Å². The van der Waals surface area contributed by atoms with Crippen LogP contribution in [0.25, 0.3) is 11.0 Å². The molecule has 126 valence electrons. The molecule has 3 rings (SSSR count). The molecule has 0 radical (unpaired) electrons. The second-order valence-electron chi connectivity index (χ2n) is 6.41. The Morgan fingerprint density at radius 1 is 1.39 bits per heavy atom. The minimum absolute atomic E-state index is 0.276. The summed E-state index contributed by atoms with van der Waals surface area (Å²) in [6.07, 6.45) is 5.71. The summed E-state index contributed by atoms with van der Waals surface area (Å²) in [4.78, 5) is 4.59. The van der Waals surface area contributed by atoms with Gasteiger partial charge in [-0.1, -0.05) is 13.3 Å². The fourth-order valence-electron chi connectivity index (χ4n) is 3.47. The molecular formula is C16H24N4O2S. The summed E-state index contributed by atoms with van der Waals surface area (Å²) in [5.41, 5.74) is 1.51. The van der Waals surface area contributed by atoms with Crippen LogP contribution >= 0.6 is 0 Å². The van der Waals surface area contributed by atoms with E-state index in [2.05, 4.69) is 17.0 Å². The smallest absolute Gasteiger partial charge is 0.244 e. The first-order valence-electron chi connectivity index (χ1n) is 8.23. The Bertz CT molecular complexity index is 811. The van der Waals surface area contributed by atoms with Crippen LogP contribution < -0.4 is 0 Å². The lowest BCUT2D eigenvalue weighted by Crippen LogP contribution is -2.39. The van der Waals surface area contributed by atoms with Crippen molar-refractivity contribution in [2.24, 2.45) is 13.0 Å². The summed E-state index contributed by atoms with van der Waals surface area (Å²) in [7, 11) is -1.66. The van der Waals surface area contributed by atoms with E-state index in [1.165, 1.54) is 6.20 Å². The summed E-state index contributed by atoms with van der Waals surface area (Å²) >= 11 is 0. The minimum atomic E-state index is -3.48. The van der Waals surface area contributed by atoms with E-state index in [9.17, 15) is 8.42 Å². The van der Waals surface area contributed by atoms with E-state index >= 15 is 0 Å². The molecule has 0 aliphatic carbocycles. The molecule has 6 nitrogen and oxygen atoms in total. The van der Waals surface area contributed by atoms with Crippen LogP contribution in [0.5, 0.6) is 0 Å². The van der Waals surface area contributed by atoms with Crippen molar-refractivity contribution >= 4 is 21.1 Å². The van der Waals surface area contributed by atoms with E-state index in [-0.39, 0.29) is 4.90 Å². The molecule has 2 aromatic heterocycles. The van der Waals surface area contributed by atoms with Crippen LogP contribution in [0, 0.1) is 12.8 Å². The van der Waals surface area contributed by atoms with Crippen molar-refractivity contribution in [2.45, 2.75) is 44.4 Å². The van der Waals surface area contributed by atoms with Crippen molar-refractivity contribution in [2.75, 3.05) is 13.1 Å². The molecule has 1 aliphatic heterocycles. The summed E-state index contributed by atoms with van der Waals surface area (Å²) in [6, 6.07) is 1.71. The molecule has 1 fully saturated rings. The highest BCUT2D eigenvalue weighted by atomic mass is 32.2. The number of hydrogen-bond donors (Lipinski definition) is 0. The number of pyridine rings is 1. The lowest BCUT2D eigenvalue weighted by molar-refractivity contribution is 0.254. The van der Waals surface area contributed by atoms with Crippen LogP contribution in [0.3, 0.4) is 0 Å². The van der Waals surface area contributed by atoms with Crippen LogP contribution in [0.2, 0.25) is 0 Å². The third-order valence-corrected chi connectivity index (χ3v) is 6.48. The van der Waals surface area contributed by atoms with Gasteiger partial charge in [0, 0.05) is 31.7 Å². The molecule has 0 aromatic carbocycles. The van der Waals surface area contributed by atoms with Gasteiger partial charge in [-0.2, -0.15) is 9.40 Å². The molecule has 0 saturated carbocycles. The van der Waals surface area contributed by atoms with E-state index in [0.717, 1.165) is 36.8 Å². The van der Waals surface area contributed by atoms with Gasteiger partial charge in [0.25, 0.3) is 0 Å². The molecule has 0 spiro atoms. The number of hydrogen-bond acceptors (Lipinski definition) is 4. The van der Waals surface area contributed by atoms with Gasteiger partial charge in [0.15, 0.2) is 5.65 Å². The predicted molar refractivity (Wildman–Crippen MR) is 89.6 cm³/mol. The van der Waals surface area contributed by atoms with Crippen molar-refractivity contribution in [3.8, 4) is 0 Å². The van der Waals surface area contributed by atoms with Crippen LogP contribution in [0.1, 0.15) is 38.3 Å². The van der Waals surface area contributed by atoms with Crippen LogP contribution in [0.15, 0.2) is 17.2 Å². The van der Waals surface area contributed by atoms with E-state index in [1.807, 2.05) is 14.0 Å². The Morgan fingerprint density at radius 2 is 2.17 bits per heavy atom. The Kier molecular flexibility index (Phi) is 4.42. The maximum Gasteiger partial charge on any atom is 0.244 e. The fraction of sp³-hybridized carbons (Fsp3) is 0.625. The molecule has 0 amide bonds. The summed E-state index contributed by atoms with van der Waals surface area (Å²) in [5, 5.41) is 5.11. The number of rotatable bonds is 4. The highest BCUT2D eigenvalue weighted by Gasteiger charge is 2.30. The van der Waals surface area contributed by atoms with E-state index in [1.54, 1.807) is 15.1 Å². The number of sulfonamides is 1. The van der Waals surface area contributed by atoms with Gasteiger partial charge in [-0.05, 0) is 38.2 Å².